The van der Waals surface area contributed by atoms with Crippen molar-refractivity contribution in [3.05, 3.63) is 27.7 Å². The molecule has 1 aromatic carbocycles. The molecular formula is C16H24BrNO. The second-order valence-corrected chi connectivity index (χ2v) is 7.54. The predicted molar refractivity (Wildman–Crippen MR) is 83.8 cm³/mol. The van der Waals surface area contributed by atoms with Crippen LogP contribution in [-0.4, -0.2) is 18.2 Å². The number of benzene rings is 1. The molecule has 0 aromatic heterocycles. The first-order chi connectivity index (χ1) is 8.88. The third kappa shape index (κ3) is 3.73. The van der Waals surface area contributed by atoms with E-state index in [4.69, 9.17) is 0 Å². The molecule has 0 amide bonds. The van der Waals surface area contributed by atoms with Crippen LogP contribution in [0.3, 0.4) is 0 Å². The van der Waals surface area contributed by atoms with Gasteiger partial charge in [-0.1, -0.05) is 36.7 Å². The molecule has 1 fully saturated rings. The van der Waals surface area contributed by atoms with Gasteiger partial charge in [0.15, 0.2) is 0 Å². The highest BCUT2D eigenvalue weighted by Crippen LogP contribution is 2.37. The van der Waals surface area contributed by atoms with Crippen molar-refractivity contribution < 1.29 is 5.11 Å². The summed E-state index contributed by atoms with van der Waals surface area (Å²) in [4.78, 5) is 0. The first kappa shape index (κ1) is 14.9. The molecule has 0 radical (unpaired) electrons. The van der Waals surface area contributed by atoms with E-state index in [0.717, 1.165) is 35.1 Å². The van der Waals surface area contributed by atoms with E-state index >= 15 is 0 Å². The molecule has 106 valence electrons. The van der Waals surface area contributed by atoms with E-state index in [0.29, 0.717) is 11.7 Å². The van der Waals surface area contributed by atoms with Gasteiger partial charge in [-0.3, -0.25) is 0 Å². The summed E-state index contributed by atoms with van der Waals surface area (Å²) in [5, 5.41) is 14.0. The summed E-state index contributed by atoms with van der Waals surface area (Å²) in [7, 11) is 0. The van der Waals surface area contributed by atoms with Crippen LogP contribution < -0.4 is 5.32 Å². The van der Waals surface area contributed by atoms with Crippen molar-refractivity contribution in [1.29, 1.82) is 0 Å². The van der Waals surface area contributed by atoms with Gasteiger partial charge in [0.2, 0.25) is 0 Å². The van der Waals surface area contributed by atoms with E-state index < -0.39 is 0 Å². The molecule has 0 bridgehead atoms. The van der Waals surface area contributed by atoms with E-state index in [1.807, 2.05) is 6.07 Å². The molecule has 1 aliphatic heterocycles. The SMILES string of the molecule is CC(C)(C)c1cc(Br)cc(CC2CCCNC2)c1O. The van der Waals surface area contributed by atoms with E-state index in [9.17, 15) is 5.11 Å². The first-order valence-electron chi connectivity index (χ1n) is 7.10. The van der Waals surface area contributed by atoms with Crippen molar-refractivity contribution in [2.45, 2.75) is 45.4 Å². The molecule has 0 aliphatic carbocycles. The van der Waals surface area contributed by atoms with Crippen LogP contribution in [0.5, 0.6) is 5.75 Å². The van der Waals surface area contributed by atoms with Gasteiger partial charge in [0.1, 0.15) is 5.75 Å². The molecule has 0 spiro atoms. The Morgan fingerprint density at radius 3 is 2.68 bits per heavy atom. The van der Waals surface area contributed by atoms with Gasteiger partial charge in [0.05, 0.1) is 0 Å². The normalized spacial score (nSPS) is 20.5. The third-order valence-electron chi connectivity index (χ3n) is 3.87. The summed E-state index contributed by atoms with van der Waals surface area (Å²) in [6.07, 6.45) is 3.46. The van der Waals surface area contributed by atoms with Crippen LogP contribution in [0.25, 0.3) is 0 Å². The second kappa shape index (κ2) is 5.84. The minimum Gasteiger partial charge on any atom is -0.507 e. The fraction of sp³-hybridized carbons (Fsp3) is 0.625. The van der Waals surface area contributed by atoms with E-state index in [1.165, 1.54) is 12.8 Å². The molecule has 1 atom stereocenters. The van der Waals surface area contributed by atoms with E-state index in [-0.39, 0.29) is 5.41 Å². The van der Waals surface area contributed by atoms with Gasteiger partial charge in [0, 0.05) is 10.0 Å². The Hall–Kier alpha value is -0.540. The molecule has 2 nitrogen and oxygen atoms in total. The number of phenols is 1. The molecule has 2 rings (SSSR count). The van der Waals surface area contributed by atoms with Crippen LogP contribution in [0.4, 0.5) is 0 Å². The zero-order valence-corrected chi connectivity index (χ0v) is 13.7. The molecule has 1 aromatic rings. The Morgan fingerprint density at radius 1 is 1.37 bits per heavy atom. The highest BCUT2D eigenvalue weighted by Gasteiger charge is 2.23. The monoisotopic (exact) mass is 325 g/mol. The van der Waals surface area contributed by atoms with Gasteiger partial charge in [-0.15, -0.1) is 0 Å². The number of halogens is 1. The lowest BCUT2D eigenvalue weighted by Crippen LogP contribution is -2.30. The van der Waals surface area contributed by atoms with Crippen molar-refractivity contribution in [3.8, 4) is 5.75 Å². The van der Waals surface area contributed by atoms with Gasteiger partial charge in [-0.25, -0.2) is 0 Å². The fourth-order valence-corrected chi connectivity index (χ4v) is 3.30. The summed E-state index contributed by atoms with van der Waals surface area (Å²) < 4.78 is 1.06. The van der Waals surface area contributed by atoms with E-state index in [2.05, 4.69) is 48.1 Å². The average Bonchev–Trinajstić information content (AvgIpc) is 2.33. The lowest BCUT2D eigenvalue weighted by Gasteiger charge is -2.26. The summed E-state index contributed by atoms with van der Waals surface area (Å²) in [6, 6.07) is 4.11. The van der Waals surface area contributed by atoms with Crippen LogP contribution in [0.2, 0.25) is 0 Å². The Morgan fingerprint density at radius 2 is 2.11 bits per heavy atom. The molecule has 1 unspecified atom stereocenters. The zero-order chi connectivity index (χ0) is 14.0. The van der Waals surface area contributed by atoms with Crippen LogP contribution in [0.1, 0.15) is 44.7 Å². The van der Waals surface area contributed by atoms with Crippen LogP contribution in [0.15, 0.2) is 16.6 Å². The molecule has 1 aliphatic rings. The van der Waals surface area contributed by atoms with Crippen LogP contribution >= 0.6 is 15.9 Å². The molecule has 1 saturated heterocycles. The standard InChI is InChI=1S/C16H24BrNO/c1-16(2,3)14-9-13(17)8-12(15(14)19)7-11-5-4-6-18-10-11/h8-9,11,18-19H,4-7,10H2,1-3H3. The Labute approximate surface area is 124 Å². The molecule has 0 saturated carbocycles. The zero-order valence-electron chi connectivity index (χ0n) is 12.1. The van der Waals surface area contributed by atoms with Crippen molar-refractivity contribution in [1.82, 2.24) is 5.32 Å². The minimum absolute atomic E-state index is 0.0343. The third-order valence-corrected chi connectivity index (χ3v) is 4.33. The summed E-state index contributed by atoms with van der Waals surface area (Å²) >= 11 is 3.58. The number of aromatic hydroxyl groups is 1. The predicted octanol–water partition coefficient (Wildman–Crippen LogP) is 3.99. The number of piperidine rings is 1. The van der Waals surface area contributed by atoms with Crippen molar-refractivity contribution in [2.75, 3.05) is 13.1 Å². The van der Waals surface area contributed by atoms with Gasteiger partial charge < -0.3 is 10.4 Å². The number of rotatable bonds is 2. The highest BCUT2D eigenvalue weighted by atomic mass is 79.9. The summed E-state index contributed by atoms with van der Waals surface area (Å²) in [5.41, 5.74) is 2.07. The molecular weight excluding hydrogens is 302 g/mol. The Kier molecular flexibility index (Phi) is 4.57. The Bertz CT molecular complexity index is 445. The maximum absolute atomic E-state index is 10.5. The number of phenolic OH excluding ortho intramolecular Hbond substituents is 1. The van der Waals surface area contributed by atoms with Gasteiger partial charge in [-0.2, -0.15) is 0 Å². The number of hydrogen-bond donors (Lipinski definition) is 2. The highest BCUT2D eigenvalue weighted by molar-refractivity contribution is 9.10. The molecule has 2 N–H and O–H groups in total. The largest absolute Gasteiger partial charge is 0.507 e. The van der Waals surface area contributed by atoms with Gasteiger partial charge in [0.25, 0.3) is 0 Å². The van der Waals surface area contributed by atoms with Crippen LogP contribution in [0, 0.1) is 5.92 Å². The average molecular weight is 326 g/mol. The minimum atomic E-state index is -0.0343. The van der Waals surface area contributed by atoms with Crippen molar-refractivity contribution in [2.24, 2.45) is 5.92 Å². The summed E-state index contributed by atoms with van der Waals surface area (Å²) in [6.45, 7) is 8.62. The maximum atomic E-state index is 10.5. The van der Waals surface area contributed by atoms with E-state index in [1.54, 1.807) is 0 Å². The Balaban J connectivity index is 2.27. The molecule has 3 heteroatoms. The number of hydrogen-bond acceptors (Lipinski definition) is 2. The lowest BCUT2D eigenvalue weighted by atomic mass is 9.83. The maximum Gasteiger partial charge on any atom is 0.122 e. The van der Waals surface area contributed by atoms with Crippen LogP contribution in [-0.2, 0) is 11.8 Å². The lowest BCUT2D eigenvalue weighted by molar-refractivity contribution is 0.367. The number of nitrogens with one attached hydrogen (secondary N) is 1. The molecule has 1 heterocycles. The summed E-state index contributed by atoms with van der Waals surface area (Å²) in [5.74, 6) is 1.13. The van der Waals surface area contributed by atoms with Crippen molar-refractivity contribution >= 4 is 15.9 Å². The fourth-order valence-electron chi connectivity index (χ4n) is 2.79. The smallest absolute Gasteiger partial charge is 0.122 e. The first-order valence-corrected chi connectivity index (χ1v) is 7.90. The molecule has 19 heavy (non-hydrogen) atoms. The quantitative estimate of drug-likeness (QED) is 0.861. The topological polar surface area (TPSA) is 32.3 Å². The van der Waals surface area contributed by atoms with Crippen molar-refractivity contribution in [3.63, 3.8) is 0 Å². The second-order valence-electron chi connectivity index (χ2n) is 6.63. The van der Waals surface area contributed by atoms with Gasteiger partial charge >= 0.3 is 0 Å². The van der Waals surface area contributed by atoms with Gasteiger partial charge in [-0.05, 0) is 61.4 Å².